The molecule has 0 bridgehead atoms. The van der Waals surface area contributed by atoms with Gasteiger partial charge < -0.3 is 31.3 Å². The third-order valence-corrected chi connectivity index (χ3v) is 7.88. The Morgan fingerprint density at radius 2 is 1.91 bits per heavy atom. The number of nitrogens with zero attached hydrogens (tertiary/aromatic N) is 5. The van der Waals surface area contributed by atoms with Crippen LogP contribution in [0, 0.1) is 6.92 Å². The number of carbonyl (C=O) groups is 3. The van der Waals surface area contributed by atoms with Gasteiger partial charge in [-0.15, -0.1) is 0 Å². The lowest BCUT2D eigenvalue weighted by Gasteiger charge is -2.32. The van der Waals surface area contributed by atoms with E-state index in [1.54, 1.807) is 23.2 Å². The summed E-state index contributed by atoms with van der Waals surface area (Å²) in [6, 6.07) is 3.64. The molecule has 0 radical (unpaired) electrons. The van der Waals surface area contributed by atoms with Gasteiger partial charge in [0, 0.05) is 37.1 Å². The third kappa shape index (κ3) is 6.76. The fraction of sp³-hybridized carbons (Fsp3) is 0.400. The van der Waals surface area contributed by atoms with Gasteiger partial charge in [-0.2, -0.15) is 10.1 Å². The van der Waals surface area contributed by atoms with Gasteiger partial charge in [0.25, 0.3) is 11.8 Å². The number of piperidine rings is 1. The number of aryl methyl sites for hydroxylation is 1. The number of hydrogen-bond donors (Lipinski definition) is 4. The van der Waals surface area contributed by atoms with Crippen LogP contribution in [0.25, 0.3) is 0 Å². The van der Waals surface area contributed by atoms with Gasteiger partial charge in [0.2, 0.25) is 11.9 Å². The van der Waals surface area contributed by atoms with Gasteiger partial charge in [0.05, 0.1) is 30.7 Å². The number of likely N-dealkylation sites (tertiary alicyclic amines) is 1. The number of ether oxygens (including phenoxy) is 1. The number of methoxy groups -OCH3 is 1. The smallest absolute Gasteiger partial charge is 0.254 e. The highest BCUT2D eigenvalue weighted by atomic mass is 16.5. The summed E-state index contributed by atoms with van der Waals surface area (Å²) in [4.78, 5) is 47.8. The Morgan fingerprint density at radius 1 is 1.12 bits per heavy atom. The van der Waals surface area contributed by atoms with Gasteiger partial charge in [0.15, 0.2) is 0 Å². The molecule has 5 rings (SSSR count). The van der Waals surface area contributed by atoms with Crippen LogP contribution in [0.15, 0.2) is 43.4 Å². The van der Waals surface area contributed by atoms with E-state index in [1.165, 1.54) is 19.4 Å². The lowest BCUT2D eigenvalue weighted by molar-refractivity contribution is -0.127. The molecule has 0 spiro atoms. The van der Waals surface area contributed by atoms with Gasteiger partial charge in [0.1, 0.15) is 17.1 Å². The summed E-state index contributed by atoms with van der Waals surface area (Å²) in [5.41, 5.74) is 8.10. The maximum Gasteiger partial charge on any atom is 0.254 e. The second-order valence-electron chi connectivity index (χ2n) is 10.9. The van der Waals surface area contributed by atoms with Crippen LogP contribution in [0.2, 0.25) is 0 Å². The minimum atomic E-state index is -0.707. The van der Waals surface area contributed by atoms with Gasteiger partial charge in [-0.3, -0.25) is 19.1 Å². The second kappa shape index (κ2) is 12.9. The van der Waals surface area contributed by atoms with Crippen LogP contribution in [0.3, 0.4) is 0 Å². The van der Waals surface area contributed by atoms with Crippen LogP contribution in [-0.4, -0.2) is 68.6 Å². The molecule has 3 aromatic rings. The van der Waals surface area contributed by atoms with Crippen molar-refractivity contribution in [2.75, 3.05) is 30.8 Å². The second-order valence-corrected chi connectivity index (χ2v) is 10.9. The first kappa shape index (κ1) is 29.5. The molecule has 226 valence electrons. The Bertz CT molecular complexity index is 1530. The van der Waals surface area contributed by atoms with E-state index in [0.29, 0.717) is 35.8 Å². The third-order valence-electron chi connectivity index (χ3n) is 7.88. The predicted octanol–water partition coefficient (Wildman–Crippen LogP) is 3.60. The molecular weight excluding hydrogens is 550 g/mol. The van der Waals surface area contributed by atoms with Crippen molar-refractivity contribution >= 4 is 40.9 Å². The monoisotopic (exact) mass is 587 g/mol. The van der Waals surface area contributed by atoms with E-state index in [-0.39, 0.29) is 41.2 Å². The van der Waals surface area contributed by atoms with Crippen LogP contribution in [0.4, 0.5) is 23.1 Å². The number of amides is 3. The highest BCUT2D eigenvalue weighted by Gasteiger charge is 2.25. The fourth-order valence-electron chi connectivity index (χ4n) is 5.61. The predicted molar refractivity (Wildman–Crippen MR) is 162 cm³/mol. The molecule has 1 atom stereocenters. The summed E-state index contributed by atoms with van der Waals surface area (Å²) in [6.07, 6.45) is 12.1. The Labute approximate surface area is 249 Å². The Hall–Kier alpha value is -4.94. The van der Waals surface area contributed by atoms with E-state index in [2.05, 4.69) is 37.6 Å². The summed E-state index contributed by atoms with van der Waals surface area (Å²) in [7, 11) is 1.51. The maximum absolute atomic E-state index is 12.9. The molecule has 1 aromatic carbocycles. The molecule has 5 N–H and O–H groups in total. The van der Waals surface area contributed by atoms with E-state index in [0.717, 1.165) is 44.1 Å². The molecular formula is C30H37N9O4. The highest BCUT2D eigenvalue weighted by Crippen LogP contribution is 2.34. The number of rotatable bonds is 10. The number of primary amides is 1. The standard InChI is InChI=1S/C30H37N9O4/c1-4-25(40)38-11-7-10-22(17-38)39-16-21(14-33-39)35-30-32-15-23(27(31)41)28(37-30)36-26-18(2)12-19(13-24(26)43-3)29(42)34-20-8-5-6-9-20/h4,12-16,20,22H,1,5-11,17H2,2-3H3,(H2,31,41)(H,34,42)(H2,32,35,36,37)/t22-/m1/s1. The van der Waals surface area contributed by atoms with Gasteiger partial charge >= 0.3 is 0 Å². The Balaban J connectivity index is 1.35. The number of hydrogen-bond acceptors (Lipinski definition) is 9. The molecule has 2 aliphatic rings. The minimum absolute atomic E-state index is 0.0299. The number of carbonyl (C=O) groups excluding carboxylic acids is 3. The number of nitrogens with two attached hydrogens (primary N) is 1. The van der Waals surface area contributed by atoms with E-state index in [9.17, 15) is 14.4 Å². The van der Waals surface area contributed by atoms with Gasteiger partial charge in [-0.25, -0.2) is 4.98 Å². The highest BCUT2D eigenvalue weighted by molar-refractivity contribution is 5.99. The van der Waals surface area contributed by atoms with Crippen molar-refractivity contribution < 1.29 is 19.1 Å². The van der Waals surface area contributed by atoms with Gasteiger partial charge in [-0.1, -0.05) is 19.4 Å². The molecule has 43 heavy (non-hydrogen) atoms. The molecule has 3 heterocycles. The summed E-state index contributed by atoms with van der Waals surface area (Å²) in [6.45, 7) is 6.67. The van der Waals surface area contributed by atoms with E-state index < -0.39 is 5.91 Å². The molecule has 1 saturated heterocycles. The van der Waals surface area contributed by atoms with Crippen molar-refractivity contribution in [2.45, 2.75) is 57.5 Å². The van der Waals surface area contributed by atoms with E-state index >= 15 is 0 Å². The molecule has 13 heteroatoms. The largest absolute Gasteiger partial charge is 0.495 e. The molecule has 0 unspecified atom stereocenters. The average Bonchev–Trinajstić information content (AvgIpc) is 3.70. The van der Waals surface area contributed by atoms with Crippen molar-refractivity contribution in [2.24, 2.45) is 5.73 Å². The molecule has 3 amide bonds. The summed E-state index contributed by atoms with van der Waals surface area (Å²) >= 11 is 0. The normalized spacial score (nSPS) is 16.9. The zero-order chi connectivity index (χ0) is 30.5. The Morgan fingerprint density at radius 3 is 2.63 bits per heavy atom. The first-order valence-corrected chi connectivity index (χ1v) is 14.4. The number of anilines is 4. The van der Waals surface area contributed by atoms with Crippen molar-refractivity contribution in [3.8, 4) is 5.75 Å². The summed E-state index contributed by atoms with van der Waals surface area (Å²) < 4.78 is 7.44. The van der Waals surface area contributed by atoms with Crippen LogP contribution in [0.1, 0.15) is 70.8 Å². The molecule has 1 saturated carbocycles. The van der Waals surface area contributed by atoms with Crippen molar-refractivity contribution in [1.82, 2.24) is 30.0 Å². The number of nitrogens with one attached hydrogen (secondary N) is 3. The first-order valence-electron chi connectivity index (χ1n) is 14.4. The first-order chi connectivity index (χ1) is 20.7. The van der Waals surface area contributed by atoms with Crippen LogP contribution < -0.4 is 26.4 Å². The van der Waals surface area contributed by atoms with Crippen molar-refractivity contribution in [3.63, 3.8) is 0 Å². The molecule has 1 aliphatic heterocycles. The number of aromatic nitrogens is 4. The lowest BCUT2D eigenvalue weighted by Crippen LogP contribution is -2.39. The number of benzene rings is 1. The fourth-order valence-corrected chi connectivity index (χ4v) is 5.61. The minimum Gasteiger partial charge on any atom is -0.495 e. The molecule has 2 aromatic heterocycles. The topological polar surface area (TPSA) is 169 Å². The summed E-state index contributed by atoms with van der Waals surface area (Å²) in [5, 5.41) is 13.9. The van der Waals surface area contributed by atoms with Crippen molar-refractivity contribution in [3.05, 3.63) is 60.1 Å². The quantitative estimate of drug-likeness (QED) is 0.259. The zero-order valence-corrected chi connectivity index (χ0v) is 24.4. The lowest BCUT2D eigenvalue weighted by atomic mass is 10.1. The molecule has 13 nitrogen and oxygen atoms in total. The maximum atomic E-state index is 12.9. The van der Waals surface area contributed by atoms with E-state index in [1.807, 2.05) is 17.8 Å². The molecule has 2 fully saturated rings. The van der Waals surface area contributed by atoms with Crippen LogP contribution in [-0.2, 0) is 4.79 Å². The van der Waals surface area contributed by atoms with Crippen LogP contribution in [0.5, 0.6) is 5.75 Å². The SMILES string of the molecule is C=CC(=O)N1CCC[C@@H](n2cc(Nc3ncc(C(N)=O)c(Nc4c(C)cc(C(=O)NC5CCCC5)cc4OC)n3)cn2)C1. The molecule has 1 aliphatic carbocycles. The Kier molecular flexibility index (Phi) is 8.88. The van der Waals surface area contributed by atoms with Crippen molar-refractivity contribution in [1.29, 1.82) is 0 Å². The van der Waals surface area contributed by atoms with Gasteiger partial charge in [-0.05, 0) is 56.4 Å². The average molecular weight is 588 g/mol. The zero-order valence-electron chi connectivity index (χ0n) is 24.4. The van der Waals surface area contributed by atoms with Crippen LogP contribution >= 0.6 is 0 Å². The summed E-state index contributed by atoms with van der Waals surface area (Å²) in [5.74, 6) is -0.150. The van der Waals surface area contributed by atoms with E-state index in [4.69, 9.17) is 10.5 Å².